The lowest BCUT2D eigenvalue weighted by Crippen LogP contribution is -2.25. The van der Waals surface area contributed by atoms with Crippen molar-refractivity contribution >= 4 is 22.6 Å². The van der Waals surface area contributed by atoms with Gasteiger partial charge in [-0.3, -0.25) is 9.78 Å². The summed E-state index contributed by atoms with van der Waals surface area (Å²) in [7, 11) is 1.49. The van der Waals surface area contributed by atoms with Gasteiger partial charge in [0.05, 0.1) is 34.9 Å². The van der Waals surface area contributed by atoms with Gasteiger partial charge in [-0.15, -0.1) is 0 Å². The van der Waals surface area contributed by atoms with Crippen molar-refractivity contribution in [3.63, 3.8) is 0 Å². The molecule has 2 atom stereocenters. The third-order valence-electron chi connectivity index (χ3n) is 5.85. The number of pyridine rings is 1. The third-order valence-corrected chi connectivity index (χ3v) is 5.85. The zero-order chi connectivity index (χ0) is 22.2. The highest BCUT2D eigenvalue weighted by Crippen LogP contribution is 2.36. The van der Waals surface area contributed by atoms with E-state index in [0.29, 0.717) is 17.9 Å². The zero-order valence-corrected chi connectivity index (χ0v) is 17.7. The van der Waals surface area contributed by atoms with Crippen LogP contribution < -0.4 is 5.32 Å². The van der Waals surface area contributed by atoms with Crippen molar-refractivity contribution in [1.29, 1.82) is 0 Å². The van der Waals surface area contributed by atoms with Crippen LogP contribution in [0.2, 0.25) is 0 Å². The predicted molar refractivity (Wildman–Crippen MR) is 119 cm³/mol. The summed E-state index contributed by atoms with van der Waals surface area (Å²) in [5.74, 6) is -1.26. The van der Waals surface area contributed by atoms with E-state index in [1.807, 2.05) is 24.3 Å². The van der Waals surface area contributed by atoms with Crippen LogP contribution >= 0.6 is 0 Å². The number of hydrogen-bond donors (Lipinski definition) is 1. The Kier molecular flexibility index (Phi) is 4.97. The second-order valence-electron chi connectivity index (χ2n) is 7.87. The van der Waals surface area contributed by atoms with E-state index in [2.05, 4.69) is 26.3 Å². The van der Waals surface area contributed by atoms with Crippen molar-refractivity contribution in [3.8, 4) is 0 Å². The molecule has 160 valence electrons. The lowest BCUT2D eigenvalue weighted by atomic mass is 9.84. The Morgan fingerprint density at radius 2 is 2.03 bits per heavy atom. The fraction of sp³-hybridized carbons (Fsp3) is 0.208. The lowest BCUT2D eigenvalue weighted by Gasteiger charge is -2.24. The molecule has 1 amide bonds. The fourth-order valence-corrected chi connectivity index (χ4v) is 4.07. The van der Waals surface area contributed by atoms with Crippen molar-refractivity contribution in [2.24, 2.45) is 5.92 Å². The summed E-state index contributed by atoms with van der Waals surface area (Å²) in [6, 6.07) is 10.1. The van der Waals surface area contributed by atoms with Gasteiger partial charge in [0.15, 0.2) is 0 Å². The number of imidazole rings is 1. The summed E-state index contributed by atoms with van der Waals surface area (Å²) in [5.41, 5.74) is 3.61. The van der Waals surface area contributed by atoms with Crippen LogP contribution in [0.4, 0.5) is 4.39 Å². The minimum atomic E-state index is -0.529. The second-order valence-corrected chi connectivity index (χ2v) is 7.87. The molecule has 32 heavy (non-hydrogen) atoms. The van der Waals surface area contributed by atoms with E-state index in [4.69, 9.17) is 5.10 Å². The van der Waals surface area contributed by atoms with Crippen LogP contribution in [0.3, 0.4) is 0 Å². The number of amides is 1. The maximum absolute atomic E-state index is 14.9. The number of benzene rings is 1. The normalized spacial score (nSPS) is 18.5. The van der Waals surface area contributed by atoms with Gasteiger partial charge in [0.2, 0.25) is 0 Å². The van der Waals surface area contributed by atoms with Gasteiger partial charge in [-0.1, -0.05) is 31.2 Å². The molecule has 0 fully saturated rings. The number of carbonyl (C=O) groups excluding carboxylic acids is 1. The number of nitrogens with one attached hydrogen (secondary N) is 1. The highest BCUT2D eigenvalue weighted by molar-refractivity contribution is 5.96. The summed E-state index contributed by atoms with van der Waals surface area (Å²) in [5, 5.41) is 8.27. The first-order valence-electron chi connectivity index (χ1n) is 10.4. The number of hydrogen-bond acceptors (Lipinski definition) is 5. The van der Waals surface area contributed by atoms with Crippen LogP contribution in [-0.4, -0.2) is 37.5 Å². The maximum Gasteiger partial charge on any atom is 0.253 e. The molecule has 0 saturated heterocycles. The number of carbonyl (C=O) groups is 1. The number of fused-ring (bicyclic) bond motifs is 2. The van der Waals surface area contributed by atoms with Crippen molar-refractivity contribution in [2.75, 3.05) is 7.05 Å². The number of allylic oxidation sites excluding steroid dienone is 2. The average molecular weight is 428 g/mol. The van der Waals surface area contributed by atoms with Crippen LogP contribution in [0.5, 0.6) is 0 Å². The van der Waals surface area contributed by atoms with Crippen LogP contribution in [0.15, 0.2) is 72.5 Å². The number of nitrogens with zero attached hydrogens (tertiary/aromatic N) is 5. The van der Waals surface area contributed by atoms with Crippen LogP contribution in [0.25, 0.3) is 16.7 Å². The van der Waals surface area contributed by atoms with Gasteiger partial charge in [-0.2, -0.15) is 5.10 Å². The topological polar surface area (TPSA) is 85.1 Å². The van der Waals surface area contributed by atoms with E-state index >= 15 is 0 Å². The summed E-state index contributed by atoms with van der Waals surface area (Å²) in [6.45, 7) is 1.75. The fourth-order valence-electron chi connectivity index (χ4n) is 4.07. The summed E-state index contributed by atoms with van der Waals surface area (Å²) in [6.07, 6.45) is 9.10. The van der Waals surface area contributed by atoms with Crippen LogP contribution in [0, 0.1) is 5.92 Å². The molecule has 1 aliphatic carbocycles. The van der Waals surface area contributed by atoms with E-state index in [9.17, 15) is 9.18 Å². The van der Waals surface area contributed by atoms with E-state index in [-0.39, 0.29) is 11.5 Å². The molecule has 7 nitrogen and oxygen atoms in total. The largest absolute Gasteiger partial charge is 0.355 e. The SMILES string of the molecule is CNC(=O)C1=C(F)C(C)C(c2cnc3ncc(Cc4ccc5ncccc5c4)n3n2)C=C1. The van der Waals surface area contributed by atoms with Gasteiger partial charge in [-0.05, 0) is 23.8 Å². The number of rotatable bonds is 4. The zero-order valence-electron chi connectivity index (χ0n) is 17.7. The number of halogens is 1. The van der Waals surface area contributed by atoms with E-state index in [0.717, 1.165) is 22.2 Å². The Balaban J connectivity index is 1.47. The van der Waals surface area contributed by atoms with Gasteiger partial charge in [0.25, 0.3) is 11.7 Å². The second kappa shape index (κ2) is 7.96. The van der Waals surface area contributed by atoms with Gasteiger partial charge in [-0.25, -0.2) is 18.9 Å². The number of aromatic nitrogens is 5. The molecule has 1 N–H and O–H groups in total. The summed E-state index contributed by atoms with van der Waals surface area (Å²) in [4.78, 5) is 25.1. The molecule has 0 aliphatic heterocycles. The van der Waals surface area contributed by atoms with Crippen molar-refractivity contribution < 1.29 is 9.18 Å². The standard InChI is InChI=1S/C24H21FN6O/c1-14-18(6-7-19(22(14)25)23(32)26-2)21-13-29-24-28-12-17(31(24)30-21)11-15-5-8-20-16(10-15)4-3-9-27-20/h3-10,12-14,18H,11H2,1-2H3,(H,26,32). The Morgan fingerprint density at radius 1 is 1.19 bits per heavy atom. The van der Waals surface area contributed by atoms with E-state index < -0.39 is 17.7 Å². The van der Waals surface area contributed by atoms with Gasteiger partial charge < -0.3 is 5.32 Å². The molecule has 0 bridgehead atoms. The molecule has 0 spiro atoms. The Labute approximate surface area is 183 Å². The quantitative estimate of drug-likeness (QED) is 0.538. The van der Waals surface area contributed by atoms with Gasteiger partial charge >= 0.3 is 0 Å². The first kappa shape index (κ1) is 20.0. The van der Waals surface area contributed by atoms with E-state index in [1.165, 1.54) is 13.1 Å². The molecule has 3 heterocycles. The molecule has 2 unspecified atom stereocenters. The number of likely N-dealkylation sites (N-methyl/N-ethyl adjacent to an activating group) is 1. The smallest absolute Gasteiger partial charge is 0.253 e. The molecule has 1 aliphatic rings. The first-order chi connectivity index (χ1) is 15.5. The van der Waals surface area contributed by atoms with Crippen LogP contribution in [-0.2, 0) is 11.2 Å². The molecule has 5 rings (SSSR count). The van der Waals surface area contributed by atoms with Gasteiger partial charge in [0, 0.05) is 36.9 Å². The Hall–Kier alpha value is -3.94. The minimum Gasteiger partial charge on any atom is -0.355 e. The molecule has 0 radical (unpaired) electrons. The molecule has 0 saturated carbocycles. The molecule has 3 aromatic heterocycles. The highest BCUT2D eigenvalue weighted by atomic mass is 19.1. The van der Waals surface area contributed by atoms with E-state index in [1.54, 1.807) is 36.1 Å². The third kappa shape index (κ3) is 3.43. The molecule has 1 aromatic carbocycles. The van der Waals surface area contributed by atoms with Gasteiger partial charge in [0.1, 0.15) is 5.83 Å². The maximum atomic E-state index is 14.9. The Bertz CT molecular complexity index is 1410. The molecular formula is C24H21FN6O. The lowest BCUT2D eigenvalue weighted by molar-refractivity contribution is -0.116. The van der Waals surface area contributed by atoms with Crippen molar-refractivity contribution in [1.82, 2.24) is 29.9 Å². The summed E-state index contributed by atoms with van der Waals surface area (Å²) < 4.78 is 16.6. The van der Waals surface area contributed by atoms with Crippen LogP contribution in [0.1, 0.15) is 29.8 Å². The first-order valence-corrected chi connectivity index (χ1v) is 10.4. The minimum absolute atomic E-state index is 0.0550. The Morgan fingerprint density at radius 3 is 2.88 bits per heavy atom. The van der Waals surface area contributed by atoms with Crippen molar-refractivity contribution in [3.05, 3.63) is 89.4 Å². The average Bonchev–Trinajstić information content (AvgIpc) is 3.22. The highest BCUT2D eigenvalue weighted by Gasteiger charge is 2.30. The molecule has 8 heteroatoms. The molecule has 4 aromatic rings. The van der Waals surface area contributed by atoms with Crippen molar-refractivity contribution in [2.45, 2.75) is 19.3 Å². The summed E-state index contributed by atoms with van der Waals surface area (Å²) >= 11 is 0. The predicted octanol–water partition coefficient (Wildman–Crippen LogP) is 3.52. The molecular weight excluding hydrogens is 407 g/mol. The monoisotopic (exact) mass is 428 g/mol.